The number of halogens is 2. The normalized spacial score (nSPS) is 16.0. The minimum atomic E-state index is -0.587. The van der Waals surface area contributed by atoms with Crippen LogP contribution in [0.1, 0.15) is 63.6 Å². The first-order valence-electron chi connectivity index (χ1n) is 10.1. The molecule has 1 aliphatic carbocycles. The lowest BCUT2D eigenvalue weighted by Gasteiger charge is -2.30. The van der Waals surface area contributed by atoms with Crippen LogP contribution in [0.5, 0.6) is 0 Å². The van der Waals surface area contributed by atoms with E-state index in [0.29, 0.717) is 28.8 Å². The smallest absolute Gasteiger partial charge is 0.227 e. The number of carbonyl (C=O) groups excluding carboxylic acids is 2. The third-order valence-electron chi connectivity index (χ3n) is 5.47. The molecule has 1 aromatic heterocycles. The number of carbonyl (C=O) groups is 2. The van der Waals surface area contributed by atoms with Crippen molar-refractivity contribution in [1.82, 2.24) is 15.5 Å². The molecule has 1 aromatic carbocycles. The first kappa shape index (κ1) is 22.7. The zero-order chi connectivity index (χ0) is 21.7. The van der Waals surface area contributed by atoms with Crippen molar-refractivity contribution in [3.8, 4) is 0 Å². The van der Waals surface area contributed by atoms with Gasteiger partial charge in [0.1, 0.15) is 5.54 Å². The number of aryl methyl sites for hydroxylation is 1. The van der Waals surface area contributed by atoms with Gasteiger partial charge in [-0.05, 0) is 31.0 Å². The summed E-state index contributed by atoms with van der Waals surface area (Å²) in [5, 5.41) is 7.71. The van der Waals surface area contributed by atoms with Gasteiger partial charge in [-0.2, -0.15) is 4.98 Å². The lowest BCUT2D eigenvalue weighted by Crippen LogP contribution is -2.45. The van der Waals surface area contributed by atoms with E-state index in [4.69, 9.17) is 16.1 Å². The Balaban J connectivity index is 1.68. The van der Waals surface area contributed by atoms with Gasteiger partial charge >= 0.3 is 0 Å². The first-order chi connectivity index (χ1) is 14.3. The highest BCUT2D eigenvalue weighted by atomic mass is 79.9. The third-order valence-corrected chi connectivity index (χ3v) is 6.26. The SMILES string of the molecule is CC(=O)NC1(c2noc(CCC(=O)N(C)c3ccc(Br)cc3Cl)n2)CCCCCC1. The molecule has 2 amide bonds. The molecule has 3 rings (SSSR count). The molecule has 0 unspecified atom stereocenters. The predicted molar refractivity (Wildman–Crippen MR) is 118 cm³/mol. The van der Waals surface area contributed by atoms with E-state index in [-0.39, 0.29) is 18.2 Å². The summed E-state index contributed by atoms with van der Waals surface area (Å²) in [6, 6.07) is 5.38. The summed E-state index contributed by atoms with van der Waals surface area (Å²) in [5.41, 5.74) is 0.0506. The number of benzene rings is 1. The second kappa shape index (κ2) is 9.92. The molecule has 1 aliphatic rings. The summed E-state index contributed by atoms with van der Waals surface area (Å²) in [5.74, 6) is 0.686. The fourth-order valence-electron chi connectivity index (χ4n) is 3.89. The second-order valence-electron chi connectivity index (χ2n) is 7.74. The fraction of sp³-hybridized carbons (Fsp3) is 0.524. The van der Waals surface area contributed by atoms with Crippen molar-refractivity contribution in [2.24, 2.45) is 0 Å². The number of rotatable bonds is 6. The molecule has 1 saturated carbocycles. The number of aromatic nitrogens is 2. The quantitative estimate of drug-likeness (QED) is 0.581. The topological polar surface area (TPSA) is 88.3 Å². The Bertz CT molecular complexity index is 909. The van der Waals surface area contributed by atoms with Crippen LogP contribution in [0.25, 0.3) is 0 Å². The van der Waals surface area contributed by atoms with Crippen molar-refractivity contribution in [3.05, 3.63) is 39.4 Å². The molecule has 0 saturated heterocycles. The summed E-state index contributed by atoms with van der Waals surface area (Å²) in [6.07, 6.45) is 6.36. The van der Waals surface area contributed by atoms with E-state index in [9.17, 15) is 9.59 Å². The van der Waals surface area contributed by atoms with Crippen LogP contribution in [0.3, 0.4) is 0 Å². The van der Waals surface area contributed by atoms with Crippen molar-refractivity contribution in [1.29, 1.82) is 0 Å². The molecule has 30 heavy (non-hydrogen) atoms. The van der Waals surface area contributed by atoms with Crippen LogP contribution in [0.4, 0.5) is 5.69 Å². The Hall–Kier alpha value is -1.93. The predicted octanol–water partition coefficient (Wildman–Crippen LogP) is 4.77. The molecule has 7 nitrogen and oxygen atoms in total. The van der Waals surface area contributed by atoms with Crippen molar-refractivity contribution in [2.75, 3.05) is 11.9 Å². The summed E-state index contributed by atoms with van der Waals surface area (Å²) in [6.45, 7) is 1.51. The average Bonchev–Trinajstić information content (AvgIpc) is 3.05. The lowest BCUT2D eigenvalue weighted by molar-refractivity contribution is -0.121. The number of nitrogens with zero attached hydrogens (tertiary/aromatic N) is 3. The van der Waals surface area contributed by atoms with Crippen LogP contribution in [-0.2, 0) is 21.5 Å². The number of nitrogens with one attached hydrogen (secondary N) is 1. The maximum absolute atomic E-state index is 12.6. The minimum Gasteiger partial charge on any atom is -0.343 e. The highest BCUT2D eigenvalue weighted by molar-refractivity contribution is 9.10. The molecule has 1 fully saturated rings. The molecular weight excluding hydrogens is 472 g/mol. The second-order valence-corrected chi connectivity index (χ2v) is 9.06. The van der Waals surface area contributed by atoms with Crippen LogP contribution < -0.4 is 10.2 Å². The van der Waals surface area contributed by atoms with Gasteiger partial charge in [0.15, 0.2) is 5.82 Å². The molecule has 1 N–H and O–H groups in total. The van der Waals surface area contributed by atoms with Crippen LogP contribution in [-0.4, -0.2) is 29.0 Å². The third kappa shape index (κ3) is 5.40. The summed E-state index contributed by atoms with van der Waals surface area (Å²) in [7, 11) is 1.69. The minimum absolute atomic E-state index is 0.105. The van der Waals surface area contributed by atoms with E-state index in [1.807, 2.05) is 6.07 Å². The standard InChI is InChI=1S/C21H26BrClN4O3/c1-14(28)25-21(11-5-3-4-6-12-21)20-24-18(30-26-20)9-10-19(29)27(2)17-8-7-15(22)13-16(17)23/h7-8,13H,3-6,9-12H2,1-2H3,(H,25,28). The Morgan fingerprint density at radius 2 is 1.97 bits per heavy atom. The molecule has 9 heteroatoms. The molecule has 0 atom stereocenters. The highest BCUT2D eigenvalue weighted by Crippen LogP contribution is 2.35. The van der Waals surface area contributed by atoms with Crippen molar-refractivity contribution in [3.63, 3.8) is 0 Å². The number of hydrogen-bond donors (Lipinski definition) is 1. The van der Waals surface area contributed by atoms with Gasteiger partial charge in [0.25, 0.3) is 0 Å². The van der Waals surface area contributed by atoms with E-state index < -0.39 is 5.54 Å². The summed E-state index contributed by atoms with van der Waals surface area (Å²) >= 11 is 9.61. The first-order valence-corrected chi connectivity index (χ1v) is 11.3. The zero-order valence-corrected chi connectivity index (χ0v) is 19.6. The highest BCUT2D eigenvalue weighted by Gasteiger charge is 2.38. The van der Waals surface area contributed by atoms with E-state index >= 15 is 0 Å². The van der Waals surface area contributed by atoms with Crippen LogP contribution >= 0.6 is 27.5 Å². The van der Waals surface area contributed by atoms with E-state index in [1.54, 1.807) is 19.2 Å². The van der Waals surface area contributed by atoms with E-state index in [1.165, 1.54) is 11.8 Å². The molecule has 0 spiro atoms. The summed E-state index contributed by atoms with van der Waals surface area (Å²) in [4.78, 5) is 30.5. The lowest BCUT2D eigenvalue weighted by atomic mass is 9.89. The maximum atomic E-state index is 12.6. The zero-order valence-electron chi connectivity index (χ0n) is 17.2. The van der Waals surface area contributed by atoms with Crippen molar-refractivity contribution in [2.45, 2.75) is 63.8 Å². The number of anilines is 1. The van der Waals surface area contributed by atoms with Gasteiger partial charge in [-0.3, -0.25) is 9.59 Å². The molecule has 0 aliphatic heterocycles. The van der Waals surface area contributed by atoms with E-state index in [0.717, 1.165) is 43.0 Å². The molecule has 162 valence electrons. The van der Waals surface area contributed by atoms with Gasteiger partial charge in [0.2, 0.25) is 17.7 Å². The molecule has 1 heterocycles. The van der Waals surface area contributed by atoms with Gasteiger partial charge < -0.3 is 14.7 Å². The van der Waals surface area contributed by atoms with Gasteiger partial charge in [-0.25, -0.2) is 0 Å². The van der Waals surface area contributed by atoms with Crippen LogP contribution in [0, 0.1) is 0 Å². The maximum Gasteiger partial charge on any atom is 0.227 e. The van der Waals surface area contributed by atoms with Crippen molar-refractivity contribution < 1.29 is 14.1 Å². The van der Waals surface area contributed by atoms with Gasteiger partial charge in [0.05, 0.1) is 10.7 Å². The van der Waals surface area contributed by atoms with Crippen LogP contribution in [0.2, 0.25) is 5.02 Å². The Morgan fingerprint density at radius 3 is 2.60 bits per heavy atom. The fourth-order valence-corrected chi connectivity index (χ4v) is 4.69. The monoisotopic (exact) mass is 496 g/mol. The van der Waals surface area contributed by atoms with Gasteiger partial charge in [0, 0.05) is 31.3 Å². The molecule has 0 bridgehead atoms. The Labute approximate surface area is 189 Å². The van der Waals surface area contributed by atoms with Crippen molar-refractivity contribution >= 4 is 45.0 Å². The Kier molecular flexibility index (Phi) is 7.52. The van der Waals surface area contributed by atoms with E-state index in [2.05, 4.69) is 31.4 Å². The Morgan fingerprint density at radius 1 is 1.27 bits per heavy atom. The van der Waals surface area contributed by atoms with Gasteiger partial charge in [-0.1, -0.05) is 58.4 Å². The molecular formula is C21H26BrClN4O3. The number of hydrogen-bond acceptors (Lipinski definition) is 5. The average molecular weight is 498 g/mol. The van der Waals surface area contributed by atoms with Crippen LogP contribution in [0.15, 0.2) is 27.2 Å². The summed E-state index contributed by atoms with van der Waals surface area (Å²) < 4.78 is 6.27. The molecule has 2 aromatic rings. The number of amides is 2. The molecule has 0 radical (unpaired) electrons. The van der Waals surface area contributed by atoms with Gasteiger partial charge in [-0.15, -0.1) is 0 Å². The largest absolute Gasteiger partial charge is 0.343 e.